The molecule has 0 saturated heterocycles. The van der Waals surface area contributed by atoms with Crippen molar-refractivity contribution in [3.05, 3.63) is 30.3 Å². The van der Waals surface area contributed by atoms with Gasteiger partial charge in [0.1, 0.15) is 5.01 Å². The largest absolute Gasteiger partial charge is 0.466 e. The Hall–Kier alpha value is -2.81. The van der Waals surface area contributed by atoms with Gasteiger partial charge >= 0.3 is 5.97 Å². The van der Waals surface area contributed by atoms with Gasteiger partial charge in [0.25, 0.3) is 0 Å². The van der Waals surface area contributed by atoms with Crippen LogP contribution in [0.5, 0.6) is 0 Å². The first-order chi connectivity index (χ1) is 14.4. The monoisotopic (exact) mass is 432 g/mol. The lowest BCUT2D eigenvalue weighted by atomic mass is 10.1. The molecular weight excluding hydrogens is 404 g/mol. The molecule has 9 heteroatoms. The molecule has 1 heterocycles. The number of carbonyl (C=O) groups is 3. The summed E-state index contributed by atoms with van der Waals surface area (Å²) in [6.07, 6.45) is 0.253. The van der Waals surface area contributed by atoms with E-state index < -0.39 is 5.97 Å². The van der Waals surface area contributed by atoms with Gasteiger partial charge in [-0.05, 0) is 12.8 Å². The summed E-state index contributed by atoms with van der Waals surface area (Å²) in [7, 11) is 0. The lowest BCUT2D eigenvalue weighted by Gasteiger charge is -2.24. The summed E-state index contributed by atoms with van der Waals surface area (Å²) in [5.74, 6) is -0.542. The number of benzene rings is 1. The van der Waals surface area contributed by atoms with Crippen LogP contribution in [0.2, 0.25) is 0 Å². The Balaban J connectivity index is 1.87. The van der Waals surface area contributed by atoms with Crippen molar-refractivity contribution in [2.75, 3.05) is 25.0 Å². The minimum absolute atomic E-state index is 0.0422. The maximum Gasteiger partial charge on any atom is 0.306 e. The van der Waals surface area contributed by atoms with E-state index in [-0.39, 0.29) is 43.5 Å². The van der Waals surface area contributed by atoms with Crippen LogP contribution in [0.1, 0.15) is 40.0 Å². The number of nitrogens with one attached hydrogen (secondary N) is 1. The quantitative estimate of drug-likeness (QED) is 0.546. The average molecular weight is 433 g/mol. The molecule has 1 aromatic carbocycles. The van der Waals surface area contributed by atoms with Gasteiger partial charge in [0, 0.05) is 31.5 Å². The Labute approximate surface area is 180 Å². The van der Waals surface area contributed by atoms with Crippen LogP contribution < -0.4 is 5.32 Å². The molecule has 0 radical (unpaired) electrons. The summed E-state index contributed by atoms with van der Waals surface area (Å²) in [6.45, 7) is 6.81. The fourth-order valence-corrected chi connectivity index (χ4v) is 3.51. The summed E-state index contributed by atoms with van der Waals surface area (Å²) in [5.41, 5.74) is 0.936. The highest BCUT2D eigenvalue weighted by Gasteiger charge is 2.18. The van der Waals surface area contributed by atoms with E-state index in [0.717, 1.165) is 10.6 Å². The molecular formula is C21H28N4O4S. The Kier molecular flexibility index (Phi) is 9.40. The topological polar surface area (TPSA) is 101 Å². The third-order valence-electron chi connectivity index (χ3n) is 4.09. The number of esters is 1. The highest BCUT2D eigenvalue weighted by Crippen LogP contribution is 2.25. The second kappa shape index (κ2) is 12.0. The van der Waals surface area contributed by atoms with Crippen LogP contribution in [0.25, 0.3) is 10.6 Å². The summed E-state index contributed by atoms with van der Waals surface area (Å²) in [6, 6.07) is 9.61. The summed E-state index contributed by atoms with van der Waals surface area (Å²) >= 11 is 1.30. The normalized spacial score (nSPS) is 10.7. The van der Waals surface area contributed by atoms with Crippen LogP contribution in [0.4, 0.5) is 5.13 Å². The third-order valence-corrected chi connectivity index (χ3v) is 4.98. The van der Waals surface area contributed by atoms with Gasteiger partial charge in [-0.1, -0.05) is 55.5 Å². The molecule has 8 nitrogen and oxygen atoms in total. The molecule has 2 rings (SSSR count). The zero-order valence-corrected chi connectivity index (χ0v) is 18.4. The first-order valence-corrected chi connectivity index (χ1v) is 10.8. The van der Waals surface area contributed by atoms with Gasteiger partial charge < -0.3 is 15.0 Å². The molecule has 2 aromatic rings. The molecule has 0 aliphatic rings. The minimum Gasteiger partial charge on any atom is -0.466 e. The fraction of sp³-hybridized carbons (Fsp3) is 0.476. The number of nitrogens with zero attached hydrogens (tertiary/aromatic N) is 3. The second-order valence-electron chi connectivity index (χ2n) is 7.12. The van der Waals surface area contributed by atoms with Gasteiger partial charge in [-0.3, -0.25) is 14.4 Å². The van der Waals surface area contributed by atoms with E-state index in [4.69, 9.17) is 4.74 Å². The van der Waals surface area contributed by atoms with E-state index in [1.165, 1.54) is 11.3 Å². The van der Waals surface area contributed by atoms with E-state index in [1.54, 1.807) is 11.8 Å². The molecule has 0 aliphatic heterocycles. The van der Waals surface area contributed by atoms with E-state index in [0.29, 0.717) is 18.3 Å². The van der Waals surface area contributed by atoms with Crippen LogP contribution in [0.3, 0.4) is 0 Å². The maximum absolute atomic E-state index is 12.5. The first-order valence-electron chi connectivity index (χ1n) is 10.0. The highest BCUT2D eigenvalue weighted by atomic mass is 32.1. The van der Waals surface area contributed by atoms with Gasteiger partial charge in [0.2, 0.25) is 16.9 Å². The number of hydrogen-bond acceptors (Lipinski definition) is 7. The molecule has 0 spiro atoms. The van der Waals surface area contributed by atoms with Crippen LogP contribution in [-0.2, 0) is 19.1 Å². The maximum atomic E-state index is 12.5. The van der Waals surface area contributed by atoms with Gasteiger partial charge in [-0.15, -0.1) is 10.2 Å². The van der Waals surface area contributed by atoms with Crippen LogP contribution >= 0.6 is 11.3 Å². The first kappa shape index (κ1) is 23.5. The summed E-state index contributed by atoms with van der Waals surface area (Å²) in [5, 5.41) is 12.0. The molecule has 0 aliphatic carbocycles. The van der Waals surface area contributed by atoms with Crippen molar-refractivity contribution in [2.24, 2.45) is 5.92 Å². The SMILES string of the molecule is CCOC(=O)CCC(=O)N(CCC(=O)Nc1nnc(-c2ccccc2)s1)CC(C)C. The van der Waals surface area contributed by atoms with Crippen LogP contribution in [-0.4, -0.2) is 52.6 Å². The Morgan fingerprint density at radius 1 is 1.10 bits per heavy atom. The van der Waals surface area contributed by atoms with Gasteiger partial charge in [-0.25, -0.2) is 0 Å². The van der Waals surface area contributed by atoms with Crippen molar-refractivity contribution < 1.29 is 19.1 Å². The summed E-state index contributed by atoms with van der Waals surface area (Å²) in [4.78, 5) is 37.9. The Bertz CT molecular complexity index is 839. The Morgan fingerprint density at radius 2 is 1.83 bits per heavy atom. The molecule has 1 N–H and O–H groups in total. The van der Waals surface area contributed by atoms with Gasteiger partial charge in [0.15, 0.2) is 0 Å². The molecule has 2 amide bonds. The number of carbonyl (C=O) groups excluding carboxylic acids is 3. The number of rotatable bonds is 11. The van der Waals surface area contributed by atoms with Gasteiger partial charge in [-0.2, -0.15) is 0 Å². The lowest BCUT2D eigenvalue weighted by molar-refractivity contribution is -0.145. The average Bonchev–Trinajstić information content (AvgIpc) is 3.18. The number of hydrogen-bond donors (Lipinski definition) is 1. The van der Waals surface area contributed by atoms with E-state index in [1.807, 2.05) is 44.2 Å². The van der Waals surface area contributed by atoms with Gasteiger partial charge in [0.05, 0.1) is 13.0 Å². The van der Waals surface area contributed by atoms with E-state index >= 15 is 0 Å². The van der Waals surface area contributed by atoms with Crippen LogP contribution in [0.15, 0.2) is 30.3 Å². The van der Waals surface area contributed by atoms with Crippen LogP contribution in [0, 0.1) is 5.92 Å². The minimum atomic E-state index is -0.390. The standard InChI is InChI=1S/C21H28N4O4S/c1-4-29-19(28)11-10-18(27)25(14-15(2)3)13-12-17(26)22-21-24-23-20(30-21)16-8-6-5-7-9-16/h5-9,15H,4,10-14H2,1-3H3,(H,22,24,26). The van der Waals surface area contributed by atoms with Crippen molar-refractivity contribution in [3.8, 4) is 10.6 Å². The fourth-order valence-electron chi connectivity index (χ4n) is 2.75. The molecule has 1 aromatic heterocycles. The number of ether oxygens (including phenoxy) is 1. The second-order valence-corrected chi connectivity index (χ2v) is 8.09. The molecule has 162 valence electrons. The zero-order valence-electron chi connectivity index (χ0n) is 17.6. The highest BCUT2D eigenvalue weighted by molar-refractivity contribution is 7.18. The van der Waals surface area contributed by atoms with E-state index in [9.17, 15) is 14.4 Å². The number of anilines is 1. The van der Waals surface area contributed by atoms with Crippen molar-refractivity contribution in [2.45, 2.75) is 40.0 Å². The van der Waals surface area contributed by atoms with Crippen molar-refractivity contribution in [1.82, 2.24) is 15.1 Å². The predicted molar refractivity (Wildman–Crippen MR) is 116 cm³/mol. The smallest absolute Gasteiger partial charge is 0.306 e. The zero-order chi connectivity index (χ0) is 21.9. The lowest BCUT2D eigenvalue weighted by Crippen LogP contribution is -2.36. The molecule has 0 unspecified atom stereocenters. The van der Waals surface area contributed by atoms with Crippen molar-refractivity contribution in [3.63, 3.8) is 0 Å². The van der Waals surface area contributed by atoms with E-state index in [2.05, 4.69) is 15.5 Å². The molecule has 30 heavy (non-hydrogen) atoms. The molecule has 0 bridgehead atoms. The third kappa shape index (κ3) is 7.90. The van der Waals surface area contributed by atoms with Crippen molar-refractivity contribution >= 4 is 34.3 Å². The molecule has 0 fully saturated rings. The molecule has 0 atom stereocenters. The van der Waals surface area contributed by atoms with Crippen molar-refractivity contribution in [1.29, 1.82) is 0 Å². The predicted octanol–water partition coefficient (Wildman–Crippen LogP) is 3.36. The Morgan fingerprint density at radius 3 is 2.50 bits per heavy atom. The summed E-state index contributed by atoms with van der Waals surface area (Å²) < 4.78 is 4.87. The number of aromatic nitrogens is 2. The number of amides is 2. The molecule has 0 saturated carbocycles.